The topological polar surface area (TPSA) is 49.8 Å². The van der Waals surface area contributed by atoms with Gasteiger partial charge >= 0.3 is 5.97 Å². The number of aryl methyl sites for hydroxylation is 1. The van der Waals surface area contributed by atoms with Gasteiger partial charge in [0.25, 0.3) is 0 Å². The average Bonchev–Trinajstić information content (AvgIpc) is 2.36. The highest BCUT2D eigenvalue weighted by molar-refractivity contribution is 5.67. The maximum Gasteiger partial charge on any atom is 0.303 e. The van der Waals surface area contributed by atoms with Gasteiger partial charge in [-0.05, 0) is 30.0 Å². The van der Waals surface area contributed by atoms with E-state index in [1.54, 1.807) is 7.11 Å². The highest BCUT2D eigenvalue weighted by Crippen LogP contribution is 2.29. The smallest absolute Gasteiger partial charge is 0.303 e. The third-order valence-corrected chi connectivity index (χ3v) is 3.17. The Balaban J connectivity index is 2.84. The summed E-state index contributed by atoms with van der Waals surface area (Å²) in [6.07, 6.45) is 1.15. The minimum atomic E-state index is -0.754. The summed E-state index contributed by atoms with van der Waals surface area (Å²) in [5.74, 6) is 0.162. The second-order valence-corrected chi connectivity index (χ2v) is 4.94. The molecule has 0 amide bonds. The highest BCUT2D eigenvalue weighted by Gasteiger charge is 2.14. The molecule has 106 valence electrons. The molecule has 1 N–H and O–H groups in total. The Kier molecular flexibility index (Phi) is 5.67. The summed E-state index contributed by atoms with van der Waals surface area (Å²) >= 11 is 0. The fourth-order valence-electron chi connectivity index (χ4n) is 2.18. The van der Waals surface area contributed by atoms with Gasteiger partial charge in [0.15, 0.2) is 0 Å². The number of carboxylic acid groups (broad SMARTS) is 1. The van der Waals surface area contributed by atoms with Crippen LogP contribution in [0.15, 0.2) is 18.2 Å². The number of carboxylic acids is 1. The molecule has 0 aliphatic heterocycles. The molecule has 1 atom stereocenters. The Morgan fingerprint density at radius 1 is 1.47 bits per heavy atom. The van der Waals surface area contributed by atoms with E-state index in [9.17, 15) is 4.79 Å². The van der Waals surface area contributed by atoms with Crippen molar-refractivity contribution in [1.82, 2.24) is 0 Å². The van der Waals surface area contributed by atoms with Crippen LogP contribution in [-0.4, -0.2) is 31.8 Å². The van der Waals surface area contributed by atoms with Gasteiger partial charge < -0.3 is 14.7 Å². The van der Waals surface area contributed by atoms with E-state index in [0.29, 0.717) is 6.54 Å². The van der Waals surface area contributed by atoms with Crippen LogP contribution < -0.4 is 9.64 Å². The van der Waals surface area contributed by atoms with Gasteiger partial charge in [0.1, 0.15) is 5.75 Å². The van der Waals surface area contributed by atoms with Gasteiger partial charge in [0, 0.05) is 20.0 Å². The van der Waals surface area contributed by atoms with Gasteiger partial charge in [0.2, 0.25) is 0 Å². The standard InChI is InChI=1S/C15H23NO3/c1-5-12-6-7-14(19-4)13(9-12)16(3)10-11(2)8-15(17)18/h6-7,9,11H,5,8,10H2,1-4H3,(H,17,18). The molecule has 19 heavy (non-hydrogen) atoms. The van der Waals surface area contributed by atoms with Gasteiger partial charge in [-0.25, -0.2) is 0 Å². The zero-order valence-electron chi connectivity index (χ0n) is 12.1. The molecule has 4 nitrogen and oxygen atoms in total. The van der Waals surface area contributed by atoms with Crippen LogP contribution in [0.2, 0.25) is 0 Å². The van der Waals surface area contributed by atoms with Crippen LogP contribution in [0.25, 0.3) is 0 Å². The van der Waals surface area contributed by atoms with Gasteiger partial charge in [-0.2, -0.15) is 0 Å². The summed E-state index contributed by atoms with van der Waals surface area (Å²) in [5, 5.41) is 8.81. The first-order valence-corrected chi connectivity index (χ1v) is 6.57. The Labute approximate surface area is 115 Å². The fraction of sp³-hybridized carbons (Fsp3) is 0.533. The zero-order valence-corrected chi connectivity index (χ0v) is 12.1. The van der Waals surface area contributed by atoms with E-state index in [-0.39, 0.29) is 12.3 Å². The van der Waals surface area contributed by atoms with Crippen LogP contribution in [0.1, 0.15) is 25.8 Å². The molecule has 1 rings (SSSR count). The van der Waals surface area contributed by atoms with Crippen molar-refractivity contribution < 1.29 is 14.6 Å². The lowest BCUT2D eigenvalue weighted by Gasteiger charge is -2.25. The van der Waals surface area contributed by atoms with Crippen molar-refractivity contribution in [3.8, 4) is 5.75 Å². The minimum absolute atomic E-state index is 0.0949. The first-order valence-electron chi connectivity index (χ1n) is 6.57. The number of benzene rings is 1. The van der Waals surface area contributed by atoms with Crippen molar-refractivity contribution >= 4 is 11.7 Å². The maximum atomic E-state index is 10.7. The van der Waals surface area contributed by atoms with Crippen molar-refractivity contribution in [2.75, 3.05) is 25.6 Å². The fourth-order valence-corrected chi connectivity index (χ4v) is 2.18. The molecule has 0 saturated carbocycles. The van der Waals surface area contributed by atoms with E-state index in [2.05, 4.69) is 24.0 Å². The summed E-state index contributed by atoms with van der Waals surface area (Å²) in [7, 11) is 3.62. The highest BCUT2D eigenvalue weighted by atomic mass is 16.5. The molecule has 0 bridgehead atoms. The molecule has 0 aromatic heterocycles. The van der Waals surface area contributed by atoms with Crippen LogP contribution in [0, 0.1) is 5.92 Å². The lowest BCUT2D eigenvalue weighted by atomic mass is 10.1. The van der Waals surface area contributed by atoms with E-state index in [0.717, 1.165) is 17.9 Å². The molecule has 0 aliphatic carbocycles. The molecular formula is C15H23NO3. The number of anilines is 1. The maximum absolute atomic E-state index is 10.7. The molecular weight excluding hydrogens is 242 g/mol. The molecule has 0 saturated heterocycles. The summed E-state index contributed by atoms with van der Waals surface area (Å²) in [5.41, 5.74) is 2.26. The second kappa shape index (κ2) is 7.02. The van der Waals surface area contributed by atoms with Crippen molar-refractivity contribution in [3.63, 3.8) is 0 Å². The number of rotatable bonds is 7. The van der Waals surface area contributed by atoms with Crippen molar-refractivity contribution in [2.24, 2.45) is 5.92 Å². The predicted octanol–water partition coefficient (Wildman–Crippen LogP) is 2.80. The normalized spacial score (nSPS) is 12.0. The predicted molar refractivity (Wildman–Crippen MR) is 77.1 cm³/mol. The Morgan fingerprint density at radius 3 is 2.68 bits per heavy atom. The number of aliphatic carboxylic acids is 1. The summed E-state index contributed by atoms with van der Waals surface area (Å²) in [4.78, 5) is 12.8. The van der Waals surface area contributed by atoms with Crippen molar-refractivity contribution in [2.45, 2.75) is 26.7 Å². The molecule has 0 spiro atoms. The zero-order chi connectivity index (χ0) is 14.4. The van der Waals surface area contributed by atoms with Crippen molar-refractivity contribution in [1.29, 1.82) is 0 Å². The van der Waals surface area contributed by atoms with Crippen LogP contribution in [0.5, 0.6) is 5.75 Å². The third kappa shape index (κ3) is 4.47. The van der Waals surface area contributed by atoms with Crippen LogP contribution >= 0.6 is 0 Å². The first-order chi connectivity index (χ1) is 8.97. The number of nitrogens with zero attached hydrogens (tertiary/aromatic N) is 1. The number of ether oxygens (including phenoxy) is 1. The Morgan fingerprint density at radius 2 is 2.16 bits per heavy atom. The minimum Gasteiger partial charge on any atom is -0.495 e. The van der Waals surface area contributed by atoms with Crippen LogP contribution in [-0.2, 0) is 11.2 Å². The molecule has 0 fully saturated rings. The largest absolute Gasteiger partial charge is 0.495 e. The van der Waals surface area contributed by atoms with Crippen LogP contribution in [0.3, 0.4) is 0 Å². The molecule has 0 radical (unpaired) electrons. The summed E-state index contributed by atoms with van der Waals surface area (Å²) < 4.78 is 5.37. The van der Waals surface area contributed by atoms with Crippen LogP contribution in [0.4, 0.5) is 5.69 Å². The van der Waals surface area contributed by atoms with E-state index < -0.39 is 5.97 Å². The lowest BCUT2D eigenvalue weighted by molar-refractivity contribution is -0.137. The number of carbonyl (C=O) groups is 1. The average molecular weight is 265 g/mol. The molecule has 0 heterocycles. The number of hydrogen-bond acceptors (Lipinski definition) is 3. The van der Waals surface area contributed by atoms with Crippen molar-refractivity contribution in [3.05, 3.63) is 23.8 Å². The SMILES string of the molecule is CCc1ccc(OC)c(N(C)CC(C)CC(=O)O)c1. The number of hydrogen-bond donors (Lipinski definition) is 1. The van der Waals surface area contributed by atoms with E-state index in [4.69, 9.17) is 9.84 Å². The number of methoxy groups -OCH3 is 1. The third-order valence-electron chi connectivity index (χ3n) is 3.17. The molecule has 1 aromatic rings. The van der Waals surface area contributed by atoms with E-state index in [1.807, 2.05) is 20.0 Å². The molecule has 0 aliphatic rings. The van der Waals surface area contributed by atoms with E-state index >= 15 is 0 Å². The monoisotopic (exact) mass is 265 g/mol. The second-order valence-electron chi connectivity index (χ2n) is 4.94. The quantitative estimate of drug-likeness (QED) is 0.823. The van der Waals surface area contributed by atoms with Gasteiger partial charge in [0.05, 0.1) is 12.8 Å². The molecule has 1 aromatic carbocycles. The molecule has 1 unspecified atom stereocenters. The Bertz CT molecular complexity index is 431. The van der Waals surface area contributed by atoms with E-state index in [1.165, 1.54) is 5.56 Å². The van der Waals surface area contributed by atoms with Gasteiger partial charge in [-0.3, -0.25) is 4.79 Å². The first kappa shape index (κ1) is 15.3. The Hall–Kier alpha value is -1.71. The lowest BCUT2D eigenvalue weighted by Crippen LogP contribution is -2.25. The van der Waals surface area contributed by atoms with Gasteiger partial charge in [-0.15, -0.1) is 0 Å². The summed E-state index contributed by atoms with van der Waals surface area (Å²) in [6, 6.07) is 6.12. The molecule has 4 heteroatoms. The summed E-state index contributed by atoms with van der Waals surface area (Å²) in [6.45, 7) is 4.75. The van der Waals surface area contributed by atoms with Gasteiger partial charge in [-0.1, -0.05) is 19.9 Å².